The number of nitrogens with one attached hydrogen (secondary N) is 1. The largest absolute Gasteiger partial charge is 0.326 e. The Kier molecular flexibility index (Phi) is 5.31. The molecule has 0 spiro atoms. The van der Waals surface area contributed by atoms with E-state index in [2.05, 4.69) is 20.5 Å². The summed E-state index contributed by atoms with van der Waals surface area (Å²) in [6, 6.07) is 22.3. The van der Waals surface area contributed by atoms with Crippen LogP contribution in [0.25, 0.3) is 28.3 Å². The standard InChI is InChI=1S/C24H17ClN6O/c25-19-8-6-16(7-9-19)13-23(32)27-20-5-1-3-17(14-20)21-10-11-22-28-29-24(31(22)30-21)18-4-2-12-26-15-18/h1-12,14-15H,13H2,(H,27,32). The van der Waals surface area contributed by atoms with Crippen LogP contribution in [-0.2, 0) is 11.2 Å². The van der Waals surface area contributed by atoms with Gasteiger partial charge in [0.1, 0.15) is 0 Å². The maximum absolute atomic E-state index is 12.5. The van der Waals surface area contributed by atoms with Crippen molar-refractivity contribution in [3.63, 3.8) is 0 Å². The third kappa shape index (κ3) is 4.19. The Morgan fingerprint density at radius 2 is 1.78 bits per heavy atom. The van der Waals surface area contributed by atoms with E-state index in [-0.39, 0.29) is 12.3 Å². The zero-order chi connectivity index (χ0) is 21.9. The minimum Gasteiger partial charge on any atom is -0.326 e. The quantitative estimate of drug-likeness (QED) is 0.428. The molecule has 2 aromatic carbocycles. The van der Waals surface area contributed by atoms with Crippen LogP contribution in [0.15, 0.2) is 85.2 Å². The van der Waals surface area contributed by atoms with Crippen LogP contribution in [0.1, 0.15) is 5.56 Å². The molecule has 32 heavy (non-hydrogen) atoms. The van der Waals surface area contributed by atoms with Gasteiger partial charge in [0.15, 0.2) is 11.5 Å². The highest BCUT2D eigenvalue weighted by molar-refractivity contribution is 6.30. The summed E-state index contributed by atoms with van der Waals surface area (Å²) in [7, 11) is 0. The normalized spacial score (nSPS) is 10.9. The fourth-order valence-electron chi connectivity index (χ4n) is 3.37. The second-order valence-electron chi connectivity index (χ2n) is 7.19. The summed E-state index contributed by atoms with van der Waals surface area (Å²) in [4.78, 5) is 16.6. The predicted molar refractivity (Wildman–Crippen MR) is 123 cm³/mol. The number of hydrogen-bond acceptors (Lipinski definition) is 5. The van der Waals surface area contributed by atoms with E-state index in [1.165, 1.54) is 0 Å². The molecule has 3 heterocycles. The Morgan fingerprint density at radius 1 is 0.938 bits per heavy atom. The predicted octanol–water partition coefficient (Wildman–Crippen LogP) is 4.69. The van der Waals surface area contributed by atoms with Gasteiger partial charge in [0, 0.05) is 34.2 Å². The second kappa shape index (κ2) is 8.56. The molecule has 0 saturated heterocycles. The van der Waals surface area contributed by atoms with E-state index in [4.69, 9.17) is 16.7 Å². The average molecular weight is 441 g/mol. The van der Waals surface area contributed by atoms with Crippen molar-refractivity contribution in [1.29, 1.82) is 0 Å². The van der Waals surface area contributed by atoms with E-state index in [1.54, 1.807) is 29.0 Å². The van der Waals surface area contributed by atoms with Crippen LogP contribution in [0.5, 0.6) is 0 Å². The zero-order valence-electron chi connectivity index (χ0n) is 16.8. The number of pyridine rings is 1. The molecule has 0 aliphatic rings. The second-order valence-corrected chi connectivity index (χ2v) is 7.62. The maximum Gasteiger partial charge on any atom is 0.228 e. The highest BCUT2D eigenvalue weighted by Gasteiger charge is 2.12. The van der Waals surface area contributed by atoms with Crippen LogP contribution in [-0.4, -0.2) is 30.7 Å². The molecule has 3 aromatic heterocycles. The smallest absolute Gasteiger partial charge is 0.228 e. The number of fused-ring (bicyclic) bond motifs is 1. The van der Waals surface area contributed by atoms with Crippen molar-refractivity contribution < 1.29 is 4.79 Å². The summed E-state index contributed by atoms with van der Waals surface area (Å²) in [6.07, 6.45) is 3.70. The molecule has 5 aromatic rings. The van der Waals surface area contributed by atoms with Crippen molar-refractivity contribution in [2.75, 3.05) is 5.32 Å². The van der Waals surface area contributed by atoms with Crippen LogP contribution in [0.2, 0.25) is 5.02 Å². The van der Waals surface area contributed by atoms with Gasteiger partial charge in [-0.05, 0) is 54.1 Å². The van der Waals surface area contributed by atoms with Gasteiger partial charge in [-0.3, -0.25) is 9.78 Å². The van der Waals surface area contributed by atoms with Gasteiger partial charge < -0.3 is 5.32 Å². The molecule has 0 aliphatic carbocycles. The number of carbonyl (C=O) groups excluding carboxylic acids is 1. The van der Waals surface area contributed by atoms with E-state index >= 15 is 0 Å². The van der Waals surface area contributed by atoms with Gasteiger partial charge in [-0.2, -0.15) is 9.61 Å². The Morgan fingerprint density at radius 3 is 2.59 bits per heavy atom. The third-order valence-corrected chi connectivity index (χ3v) is 5.15. The van der Waals surface area contributed by atoms with Gasteiger partial charge in [-0.15, -0.1) is 10.2 Å². The molecule has 0 unspecified atom stereocenters. The maximum atomic E-state index is 12.5. The number of carbonyl (C=O) groups is 1. The lowest BCUT2D eigenvalue weighted by Crippen LogP contribution is -2.14. The number of benzene rings is 2. The number of nitrogens with zero attached hydrogens (tertiary/aromatic N) is 5. The van der Waals surface area contributed by atoms with Crippen LogP contribution >= 0.6 is 11.6 Å². The fraction of sp³-hybridized carbons (Fsp3) is 0.0417. The van der Waals surface area contributed by atoms with Crippen molar-refractivity contribution in [1.82, 2.24) is 24.8 Å². The average Bonchev–Trinajstić information content (AvgIpc) is 3.25. The zero-order valence-corrected chi connectivity index (χ0v) is 17.6. The molecule has 5 rings (SSSR count). The van der Waals surface area contributed by atoms with Crippen molar-refractivity contribution in [3.8, 4) is 22.6 Å². The Balaban J connectivity index is 1.40. The van der Waals surface area contributed by atoms with Gasteiger partial charge in [0.2, 0.25) is 5.91 Å². The molecule has 7 nitrogen and oxygen atoms in total. The summed E-state index contributed by atoms with van der Waals surface area (Å²) in [6.45, 7) is 0. The molecule has 8 heteroatoms. The summed E-state index contributed by atoms with van der Waals surface area (Å²) >= 11 is 5.91. The van der Waals surface area contributed by atoms with Crippen molar-refractivity contribution in [2.45, 2.75) is 6.42 Å². The first-order chi connectivity index (χ1) is 15.7. The van der Waals surface area contributed by atoms with Gasteiger partial charge in [0.25, 0.3) is 0 Å². The molecule has 0 radical (unpaired) electrons. The minimum atomic E-state index is -0.106. The van der Waals surface area contributed by atoms with Crippen molar-refractivity contribution in [2.24, 2.45) is 0 Å². The van der Waals surface area contributed by atoms with Crippen LogP contribution in [0.4, 0.5) is 5.69 Å². The fourth-order valence-corrected chi connectivity index (χ4v) is 3.49. The number of hydrogen-bond donors (Lipinski definition) is 1. The van der Waals surface area contributed by atoms with Crippen LogP contribution in [0, 0.1) is 0 Å². The molecular formula is C24H17ClN6O. The first kappa shape index (κ1) is 19.8. The highest BCUT2D eigenvalue weighted by atomic mass is 35.5. The van der Waals surface area contributed by atoms with Crippen molar-refractivity contribution in [3.05, 3.63) is 95.8 Å². The SMILES string of the molecule is O=C(Cc1ccc(Cl)cc1)Nc1cccc(-c2ccc3nnc(-c4cccnc4)n3n2)c1. The van der Waals surface area contributed by atoms with Gasteiger partial charge in [-0.25, -0.2) is 0 Å². The van der Waals surface area contributed by atoms with Gasteiger partial charge in [-0.1, -0.05) is 35.9 Å². The number of aromatic nitrogens is 5. The summed E-state index contributed by atoms with van der Waals surface area (Å²) < 4.78 is 1.69. The Hall–Kier alpha value is -4.10. The molecule has 1 amide bonds. The lowest BCUT2D eigenvalue weighted by atomic mass is 10.1. The van der Waals surface area contributed by atoms with Gasteiger partial charge in [0.05, 0.1) is 12.1 Å². The monoisotopic (exact) mass is 440 g/mol. The van der Waals surface area contributed by atoms with Gasteiger partial charge >= 0.3 is 0 Å². The number of rotatable bonds is 5. The molecule has 0 aliphatic heterocycles. The topological polar surface area (TPSA) is 85.1 Å². The molecule has 156 valence electrons. The van der Waals surface area contributed by atoms with Crippen LogP contribution in [0.3, 0.4) is 0 Å². The molecule has 0 saturated carbocycles. The molecule has 1 N–H and O–H groups in total. The Bertz CT molecular complexity index is 1400. The Labute approximate surface area is 188 Å². The van der Waals surface area contributed by atoms with Crippen LogP contribution < -0.4 is 5.32 Å². The first-order valence-electron chi connectivity index (χ1n) is 9.93. The summed E-state index contributed by atoms with van der Waals surface area (Å²) in [5.74, 6) is 0.507. The lowest BCUT2D eigenvalue weighted by Gasteiger charge is -2.08. The molecule has 0 atom stereocenters. The van der Waals surface area contributed by atoms with E-state index in [9.17, 15) is 4.79 Å². The molecular weight excluding hydrogens is 424 g/mol. The first-order valence-corrected chi connectivity index (χ1v) is 10.3. The number of amides is 1. The van der Waals surface area contributed by atoms with Crippen molar-refractivity contribution >= 4 is 28.8 Å². The lowest BCUT2D eigenvalue weighted by molar-refractivity contribution is -0.115. The number of anilines is 1. The number of halogens is 1. The minimum absolute atomic E-state index is 0.106. The summed E-state index contributed by atoms with van der Waals surface area (Å²) in [5, 5.41) is 16.7. The van der Waals surface area contributed by atoms with E-state index < -0.39 is 0 Å². The van der Waals surface area contributed by atoms with E-state index in [0.29, 0.717) is 22.2 Å². The summed E-state index contributed by atoms with van der Waals surface area (Å²) in [5.41, 5.74) is 4.65. The highest BCUT2D eigenvalue weighted by Crippen LogP contribution is 2.23. The third-order valence-electron chi connectivity index (χ3n) is 4.90. The molecule has 0 fully saturated rings. The molecule has 0 bridgehead atoms. The van der Waals surface area contributed by atoms with E-state index in [0.717, 1.165) is 22.4 Å². The van der Waals surface area contributed by atoms with E-state index in [1.807, 2.05) is 60.7 Å².